The van der Waals surface area contributed by atoms with E-state index in [1.165, 1.54) is 4.90 Å². The van der Waals surface area contributed by atoms with Crippen molar-refractivity contribution >= 4 is 5.91 Å². The highest BCUT2D eigenvalue weighted by atomic mass is 19.4. The maximum Gasteiger partial charge on any atom is 0.434 e. The number of halogens is 6. The van der Waals surface area contributed by atoms with Gasteiger partial charge in [-0.25, -0.2) is 4.68 Å². The molecule has 1 N–H and O–H groups in total. The smallest absolute Gasteiger partial charge is 0.395 e. The molecule has 1 aromatic heterocycles. The van der Waals surface area contributed by atoms with Gasteiger partial charge in [-0.1, -0.05) is 6.07 Å². The number of amides is 1. The maximum absolute atomic E-state index is 13.8. The summed E-state index contributed by atoms with van der Waals surface area (Å²) in [7, 11) is 0. The minimum atomic E-state index is -5.02. The number of benzene rings is 1. The van der Waals surface area contributed by atoms with Crippen molar-refractivity contribution in [1.82, 2.24) is 19.6 Å². The first-order valence-corrected chi connectivity index (χ1v) is 8.97. The molecule has 1 fully saturated rings. The second-order valence-electron chi connectivity index (χ2n) is 6.72. The van der Waals surface area contributed by atoms with Gasteiger partial charge in [-0.15, -0.1) is 0 Å². The van der Waals surface area contributed by atoms with Crippen molar-refractivity contribution in [3.63, 3.8) is 0 Å². The number of aliphatic hydroxyl groups is 1. The summed E-state index contributed by atoms with van der Waals surface area (Å²) in [6.07, 6.45) is -9.03. The number of piperazine rings is 1. The van der Waals surface area contributed by atoms with Crippen LogP contribution in [0.4, 0.5) is 26.3 Å². The van der Waals surface area contributed by atoms with Gasteiger partial charge in [-0.3, -0.25) is 9.69 Å². The molecule has 164 valence electrons. The molecule has 0 bridgehead atoms. The first-order chi connectivity index (χ1) is 14.0. The van der Waals surface area contributed by atoms with Gasteiger partial charge in [-0.05, 0) is 18.2 Å². The Bertz CT molecular complexity index is 901. The van der Waals surface area contributed by atoms with E-state index in [-0.39, 0.29) is 19.7 Å². The fourth-order valence-corrected chi connectivity index (χ4v) is 3.27. The summed E-state index contributed by atoms with van der Waals surface area (Å²) >= 11 is 0. The first-order valence-electron chi connectivity index (χ1n) is 8.97. The molecule has 2 aromatic rings. The fourth-order valence-electron chi connectivity index (χ4n) is 3.27. The summed E-state index contributed by atoms with van der Waals surface area (Å²) in [6.45, 7) is 1.40. The number of β-amino-alcohol motifs (C(OH)–C–C–N with tert-alkyl or cyclic N) is 1. The van der Waals surface area contributed by atoms with Crippen LogP contribution < -0.4 is 0 Å². The molecule has 1 amide bonds. The fraction of sp³-hybridized carbons (Fsp3) is 0.444. The number of rotatable bonds is 4. The van der Waals surface area contributed by atoms with Gasteiger partial charge in [0, 0.05) is 32.7 Å². The Morgan fingerprint density at radius 1 is 1.03 bits per heavy atom. The van der Waals surface area contributed by atoms with Crippen LogP contribution in [0.3, 0.4) is 0 Å². The molecule has 12 heteroatoms. The first kappa shape index (κ1) is 22.1. The number of aromatic nitrogens is 2. The van der Waals surface area contributed by atoms with Crippen molar-refractivity contribution in [2.24, 2.45) is 0 Å². The highest BCUT2D eigenvalue weighted by Crippen LogP contribution is 2.36. The van der Waals surface area contributed by atoms with Gasteiger partial charge in [-0.2, -0.15) is 31.4 Å². The second kappa shape index (κ2) is 8.26. The molecule has 1 aliphatic heterocycles. The van der Waals surface area contributed by atoms with Crippen LogP contribution in [0.5, 0.6) is 0 Å². The van der Waals surface area contributed by atoms with Gasteiger partial charge in [0.15, 0.2) is 5.69 Å². The standard InChI is InChI=1S/C18H18F6N4O2/c19-17(20,21)12-2-1-3-13(10-12)28-15(18(22,23)24)14(11-25-28)16(30)27-6-4-26(5-7-27)8-9-29/h1-3,10-11,29H,4-9H2. The van der Waals surface area contributed by atoms with Crippen LogP contribution in [-0.4, -0.2) is 69.9 Å². The quantitative estimate of drug-likeness (QED) is 0.749. The third kappa shape index (κ3) is 4.59. The lowest BCUT2D eigenvalue weighted by Crippen LogP contribution is -2.49. The predicted octanol–water partition coefficient (Wildman–Crippen LogP) is 2.66. The van der Waals surface area contributed by atoms with E-state index in [9.17, 15) is 31.1 Å². The number of alkyl halides is 6. The number of carbonyl (C=O) groups is 1. The van der Waals surface area contributed by atoms with Crippen molar-refractivity contribution in [2.45, 2.75) is 12.4 Å². The molecular weight excluding hydrogens is 418 g/mol. The molecule has 1 saturated heterocycles. The minimum absolute atomic E-state index is 0.0735. The van der Waals surface area contributed by atoms with Crippen LogP contribution in [0.1, 0.15) is 21.6 Å². The molecule has 0 spiro atoms. The zero-order chi connectivity index (χ0) is 22.1. The van der Waals surface area contributed by atoms with Crippen molar-refractivity contribution in [3.8, 4) is 5.69 Å². The van der Waals surface area contributed by atoms with E-state index in [4.69, 9.17) is 5.11 Å². The molecule has 3 rings (SSSR count). The summed E-state index contributed by atoms with van der Waals surface area (Å²) in [5.74, 6) is -0.899. The molecule has 1 aliphatic rings. The summed E-state index contributed by atoms with van der Waals surface area (Å²) in [5.41, 5.74) is -3.74. The normalized spacial score (nSPS) is 16.2. The molecule has 0 unspecified atom stereocenters. The molecule has 0 saturated carbocycles. The zero-order valence-electron chi connectivity index (χ0n) is 15.5. The molecule has 6 nitrogen and oxygen atoms in total. The Balaban J connectivity index is 1.95. The average molecular weight is 436 g/mol. The predicted molar refractivity (Wildman–Crippen MR) is 93.0 cm³/mol. The van der Waals surface area contributed by atoms with Crippen LogP contribution >= 0.6 is 0 Å². The van der Waals surface area contributed by atoms with E-state index < -0.39 is 40.8 Å². The molecule has 0 aliphatic carbocycles. The Kier molecular flexibility index (Phi) is 6.09. The third-order valence-electron chi connectivity index (χ3n) is 4.76. The van der Waals surface area contributed by atoms with Gasteiger partial charge in [0.2, 0.25) is 0 Å². The summed E-state index contributed by atoms with van der Waals surface area (Å²) < 4.78 is 80.4. The van der Waals surface area contributed by atoms with Gasteiger partial charge in [0.05, 0.1) is 29.6 Å². The Morgan fingerprint density at radius 3 is 2.27 bits per heavy atom. The largest absolute Gasteiger partial charge is 0.434 e. The van der Waals surface area contributed by atoms with Crippen LogP contribution in [-0.2, 0) is 12.4 Å². The van der Waals surface area contributed by atoms with Crippen molar-refractivity contribution in [2.75, 3.05) is 39.3 Å². The molecule has 30 heavy (non-hydrogen) atoms. The SMILES string of the molecule is O=C(c1cnn(-c2cccc(C(F)(F)F)c2)c1C(F)(F)F)N1CCN(CCO)CC1. The number of nitrogens with zero attached hydrogens (tertiary/aromatic N) is 4. The van der Waals surface area contributed by atoms with E-state index in [0.29, 0.717) is 30.4 Å². The summed E-state index contributed by atoms with van der Waals surface area (Å²) in [5, 5.41) is 12.5. The van der Waals surface area contributed by atoms with Gasteiger partial charge in [0.1, 0.15) is 0 Å². The van der Waals surface area contributed by atoms with Crippen LogP contribution in [0.2, 0.25) is 0 Å². The highest BCUT2D eigenvalue weighted by molar-refractivity contribution is 5.95. The molecule has 2 heterocycles. The monoisotopic (exact) mass is 436 g/mol. The molecule has 1 aromatic carbocycles. The minimum Gasteiger partial charge on any atom is -0.395 e. The highest BCUT2D eigenvalue weighted by Gasteiger charge is 2.42. The number of aliphatic hydroxyl groups excluding tert-OH is 1. The topological polar surface area (TPSA) is 61.6 Å². The number of hydrogen-bond acceptors (Lipinski definition) is 4. The van der Waals surface area contributed by atoms with E-state index in [1.54, 1.807) is 0 Å². The summed E-state index contributed by atoms with van der Waals surface area (Å²) in [4.78, 5) is 15.8. The molecule has 0 atom stereocenters. The van der Waals surface area contributed by atoms with E-state index >= 15 is 0 Å². The third-order valence-corrected chi connectivity index (χ3v) is 4.76. The van der Waals surface area contributed by atoms with Crippen LogP contribution in [0, 0.1) is 0 Å². The van der Waals surface area contributed by atoms with E-state index in [0.717, 1.165) is 24.4 Å². The van der Waals surface area contributed by atoms with Gasteiger partial charge in [0.25, 0.3) is 5.91 Å². The number of hydrogen-bond donors (Lipinski definition) is 1. The van der Waals surface area contributed by atoms with Gasteiger partial charge < -0.3 is 10.0 Å². The maximum atomic E-state index is 13.8. The van der Waals surface area contributed by atoms with E-state index in [1.807, 2.05) is 4.90 Å². The average Bonchev–Trinajstić information content (AvgIpc) is 3.13. The van der Waals surface area contributed by atoms with Crippen LogP contribution in [0.25, 0.3) is 5.69 Å². The zero-order valence-corrected chi connectivity index (χ0v) is 15.5. The van der Waals surface area contributed by atoms with Crippen LogP contribution in [0.15, 0.2) is 30.5 Å². The van der Waals surface area contributed by atoms with Crippen molar-refractivity contribution in [3.05, 3.63) is 47.3 Å². The lowest BCUT2D eigenvalue weighted by Gasteiger charge is -2.34. The Morgan fingerprint density at radius 2 is 1.70 bits per heavy atom. The van der Waals surface area contributed by atoms with E-state index in [2.05, 4.69) is 5.10 Å². The lowest BCUT2D eigenvalue weighted by molar-refractivity contribution is -0.143. The molecule has 0 radical (unpaired) electrons. The van der Waals surface area contributed by atoms with Crippen molar-refractivity contribution in [1.29, 1.82) is 0 Å². The lowest BCUT2D eigenvalue weighted by atomic mass is 10.1. The Hall–Kier alpha value is -2.60. The second-order valence-corrected chi connectivity index (χ2v) is 6.72. The van der Waals surface area contributed by atoms with Gasteiger partial charge >= 0.3 is 12.4 Å². The summed E-state index contributed by atoms with van der Waals surface area (Å²) in [6, 6.07) is 3.31. The number of carbonyl (C=O) groups excluding carboxylic acids is 1. The Labute approximate surface area is 167 Å². The van der Waals surface area contributed by atoms with Crippen molar-refractivity contribution < 1.29 is 36.2 Å². The molecular formula is C18H18F6N4O2.